The van der Waals surface area contributed by atoms with Crippen LogP contribution < -0.4 is 5.32 Å². The third-order valence-electron chi connectivity index (χ3n) is 5.96. The molecule has 0 saturated heterocycles. The minimum atomic E-state index is -0.0201. The molecule has 2 heterocycles. The van der Waals surface area contributed by atoms with Crippen molar-refractivity contribution in [1.29, 1.82) is 0 Å². The Balaban J connectivity index is 1.57. The highest BCUT2D eigenvalue weighted by Gasteiger charge is 2.23. The summed E-state index contributed by atoms with van der Waals surface area (Å²) in [6.07, 6.45) is 4.69. The highest BCUT2D eigenvalue weighted by Crippen LogP contribution is 2.26. The van der Waals surface area contributed by atoms with Gasteiger partial charge in [-0.25, -0.2) is 4.98 Å². The summed E-state index contributed by atoms with van der Waals surface area (Å²) in [5.41, 5.74) is 4.18. The summed E-state index contributed by atoms with van der Waals surface area (Å²) in [7, 11) is 0. The van der Waals surface area contributed by atoms with Crippen molar-refractivity contribution in [3.05, 3.63) is 52.8 Å². The molecule has 1 saturated carbocycles. The van der Waals surface area contributed by atoms with Crippen LogP contribution in [0.5, 0.6) is 0 Å². The first-order valence-electron chi connectivity index (χ1n) is 9.86. The second-order valence-corrected chi connectivity index (χ2v) is 8.18. The van der Waals surface area contributed by atoms with Crippen molar-refractivity contribution in [3.63, 3.8) is 0 Å². The number of imidazole rings is 1. The molecule has 1 fully saturated rings. The van der Waals surface area contributed by atoms with Crippen LogP contribution in [0.2, 0.25) is 0 Å². The van der Waals surface area contributed by atoms with Gasteiger partial charge in [-0.2, -0.15) is 0 Å². The van der Waals surface area contributed by atoms with Gasteiger partial charge < -0.3 is 10.3 Å². The summed E-state index contributed by atoms with van der Waals surface area (Å²) >= 11 is 5.58. The van der Waals surface area contributed by atoms with Gasteiger partial charge in [-0.1, -0.05) is 31.9 Å². The molecule has 2 aromatic carbocycles. The predicted octanol–water partition coefficient (Wildman–Crippen LogP) is 5.01. The van der Waals surface area contributed by atoms with Crippen LogP contribution in [-0.4, -0.2) is 26.3 Å². The zero-order valence-corrected chi connectivity index (χ0v) is 16.6. The van der Waals surface area contributed by atoms with E-state index in [2.05, 4.69) is 17.2 Å². The third kappa shape index (κ3) is 2.79. The number of aromatic amines is 1. The SMILES string of the molecule is C[C@@H]1CCCC[C@H]1NC(=O)c1ccc2c(c1)[nH]c(=S)n1c3ccccc3nc21. The summed E-state index contributed by atoms with van der Waals surface area (Å²) in [6.45, 7) is 2.22. The second-order valence-electron chi connectivity index (χ2n) is 7.79. The summed E-state index contributed by atoms with van der Waals surface area (Å²) in [6, 6.07) is 13.9. The maximum Gasteiger partial charge on any atom is 0.251 e. The zero-order chi connectivity index (χ0) is 19.3. The number of nitrogens with one attached hydrogen (secondary N) is 2. The number of fused-ring (bicyclic) bond motifs is 5. The summed E-state index contributed by atoms with van der Waals surface area (Å²) < 4.78 is 2.53. The van der Waals surface area contributed by atoms with E-state index in [9.17, 15) is 4.79 Å². The third-order valence-corrected chi connectivity index (χ3v) is 6.24. The average Bonchev–Trinajstić information content (AvgIpc) is 3.10. The Labute approximate surface area is 167 Å². The van der Waals surface area contributed by atoms with Crippen molar-refractivity contribution in [1.82, 2.24) is 19.7 Å². The predicted molar refractivity (Wildman–Crippen MR) is 114 cm³/mol. The van der Waals surface area contributed by atoms with E-state index in [-0.39, 0.29) is 11.9 Å². The smallest absolute Gasteiger partial charge is 0.251 e. The number of para-hydroxylation sites is 2. The van der Waals surface area contributed by atoms with E-state index in [1.807, 2.05) is 46.9 Å². The molecule has 0 radical (unpaired) electrons. The van der Waals surface area contributed by atoms with E-state index >= 15 is 0 Å². The number of carbonyl (C=O) groups is 1. The largest absolute Gasteiger partial charge is 0.349 e. The maximum atomic E-state index is 12.8. The zero-order valence-electron chi connectivity index (χ0n) is 15.7. The highest BCUT2D eigenvalue weighted by molar-refractivity contribution is 7.71. The maximum absolute atomic E-state index is 12.8. The topological polar surface area (TPSA) is 62.2 Å². The quantitative estimate of drug-likeness (QED) is 0.473. The van der Waals surface area contributed by atoms with Crippen LogP contribution in [0.4, 0.5) is 0 Å². The van der Waals surface area contributed by atoms with Crippen LogP contribution in [0.1, 0.15) is 43.0 Å². The van der Waals surface area contributed by atoms with Gasteiger partial charge in [0.2, 0.25) is 0 Å². The first-order chi connectivity index (χ1) is 13.6. The Morgan fingerprint density at radius 3 is 2.89 bits per heavy atom. The molecule has 5 nitrogen and oxygen atoms in total. The lowest BCUT2D eigenvalue weighted by atomic mass is 9.86. The molecule has 0 spiro atoms. The van der Waals surface area contributed by atoms with Gasteiger partial charge in [-0.15, -0.1) is 0 Å². The molecule has 6 heteroatoms. The highest BCUT2D eigenvalue weighted by atomic mass is 32.1. The normalized spacial score (nSPS) is 20.0. The van der Waals surface area contributed by atoms with Gasteiger partial charge in [0.15, 0.2) is 4.77 Å². The second kappa shape index (κ2) is 6.71. The summed E-state index contributed by atoms with van der Waals surface area (Å²) in [5.74, 6) is 0.509. The molecule has 0 aliphatic heterocycles. The number of amides is 1. The molecule has 0 unspecified atom stereocenters. The molecule has 2 atom stereocenters. The molecule has 142 valence electrons. The Kier molecular flexibility index (Phi) is 4.16. The number of rotatable bonds is 2. The van der Waals surface area contributed by atoms with Crippen molar-refractivity contribution >= 4 is 45.7 Å². The van der Waals surface area contributed by atoms with Crippen LogP contribution in [0.3, 0.4) is 0 Å². The molecule has 5 rings (SSSR count). The van der Waals surface area contributed by atoms with Crippen molar-refractivity contribution < 1.29 is 4.79 Å². The summed E-state index contributed by atoms with van der Waals surface area (Å²) in [5, 5.41) is 4.17. The van der Waals surface area contributed by atoms with Crippen LogP contribution in [0, 0.1) is 10.7 Å². The Morgan fingerprint density at radius 1 is 1.21 bits per heavy atom. The summed E-state index contributed by atoms with van der Waals surface area (Å²) in [4.78, 5) is 20.9. The first-order valence-corrected chi connectivity index (χ1v) is 10.3. The minimum absolute atomic E-state index is 0.0201. The van der Waals surface area contributed by atoms with E-state index < -0.39 is 0 Å². The van der Waals surface area contributed by atoms with Crippen molar-refractivity contribution in [2.45, 2.75) is 38.6 Å². The number of carbonyl (C=O) groups excluding carboxylic acids is 1. The van der Waals surface area contributed by atoms with Crippen molar-refractivity contribution in [3.8, 4) is 0 Å². The lowest BCUT2D eigenvalue weighted by Crippen LogP contribution is -2.41. The van der Waals surface area contributed by atoms with Gasteiger partial charge in [-0.3, -0.25) is 9.20 Å². The van der Waals surface area contributed by atoms with Crippen molar-refractivity contribution in [2.75, 3.05) is 0 Å². The standard InChI is InChI=1S/C22H22N4OS/c1-13-6-2-3-7-16(13)24-21(27)14-10-11-15-18(12-14)25-22(28)26-19-9-5-4-8-17(19)23-20(15)26/h4-5,8-13,16H,2-3,6-7H2,1H3,(H,24,27)(H,25,28)/t13-,16-/m1/s1. The lowest BCUT2D eigenvalue weighted by Gasteiger charge is -2.29. The minimum Gasteiger partial charge on any atom is -0.349 e. The van der Waals surface area contributed by atoms with Gasteiger partial charge in [0.25, 0.3) is 5.91 Å². The van der Waals surface area contributed by atoms with E-state index in [0.717, 1.165) is 34.0 Å². The number of aromatic nitrogens is 3. The fourth-order valence-corrected chi connectivity index (χ4v) is 4.64. The number of benzene rings is 2. The lowest BCUT2D eigenvalue weighted by molar-refractivity contribution is 0.0910. The van der Waals surface area contributed by atoms with Gasteiger partial charge in [-0.05, 0) is 61.3 Å². The van der Waals surface area contributed by atoms with Crippen LogP contribution in [0.25, 0.3) is 27.6 Å². The first kappa shape index (κ1) is 17.4. The molecule has 0 bridgehead atoms. The van der Waals surface area contributed by atoms with Crippen molar-refractivity contribution in [2.24, 2.45) is 5.92 Å². The average molecular weight is 391 g/mol. The Hall–Kier alpha value is -2.73. The molecule has 1 aliphatic rings. The van der Waals surface area contributed by atoms with Gasteiger partial charge >= 0.3 is 0 Å². The monoisotopic (exact) mass is 390 g/mol. The molecule has 1 amide bonds. The molecule has 2 aromatic heterocycles. The Morgan fingerprint density at radius 2 is 2.04 bits per heavy atom. The number of nitrogens with zero attached hydrogens (tertiary/aromatic N) is 2. The van der Waals surface area contributed by atoms with Crippen LogP contribution in [0.15, 0.2) is 42.5 Å². The molecule has 28 heavy (non-hydrogen) atoms. The van der Waals surface area contributed by atoms with E-state index in [4.69, 9.17) is 17.2 Å². The number of hydrogen-bond donors (Lipinski definition) is 2. The Bertz CT molecular complexity index is 1270. The van der Waals surface area contributed by atoms with Gasteiger partial charge in [0.05, 0.1) is 16.6 Å². The molecule has 1 aliphatic carbocycles. The molecule has 2 N–H and O–H groups in total. The fraction of sp³-hybridized carbons (Fsp3) is 0.318. The fourth-order valence-electron chi connectivity index (χ4n) is 4.35. The number of hydrogen-bond acceptors (Lipinski definition) is 3. The molecular formula is C22H22N4OS. The van der Waals surface area contributed by atoms with Gasteiger partial charge in [0.1, 0.15) is 5.65 Å². The molecule has 4 aromatic rings. The van der Waals surface area contributed by atoms with Crippen LogP contribution in [-0.2, 0) is 0 Å². The van der Waals surface area contributed by atoms with E-state index in [1.165, 1.54) is 19.3 Å². The number of H-pyrrole nitrogens is 1. The van der Waals surface area contributed by atoms with Crippen LogP contribution >= 0.6 is 12.2 Å². The van der Waals surface area contributed by atoms with Gasteiger partial charge in [0, 0.05) is 17.0 Å². The molecular weight excluding hydrogens is 368 g/mol. The van der Waals surface area contributed by atoms with E-state index in [0.29, 0.717) is 16.3 Å². The van der Waals surface area contributed by atoms with E-state index in [1.54, 1.807) is 0 Å².